The third-order valence-corrected chi connectivity index (χ3v) is 8.07. The van der Waals surface area contributed by atoms with Crippen LogP contribution in [0.3, 0.4) is 0 Å². The minimum absolute atomic E-state index is 0.0400. The maximum atomic E-state index is 13.1. The molecule has 2 aromatic heterocycles. The van der Waals surface area contributed by atoms with E-state index < -0.39 is 10.1 Å². The summed E-state index contributed by atoms with van der Waals surface area (Å²) >= 11 is 4.70. The van der Waals surface area contributed by atoms with E-state index in [0.29, 0.717) is 26.1 Å². The Hall–Kier alpha value is -3.21. The van der Waals surface area contributed by atoms with E-state index in [1.165, 1.54) is 23.5 Å². The molecule has 178 valence electrons. The minimum Gasteiger partial charge on any atom is -0.490 e. The molecule has 0 saturated carbocycles. The van der Waals surface area contributed by atoms with Crippen LogP contribution in [0.15, 0.2) is 74.8 Å². The molecular formula is C25H19BrN2O5S2. The van der Waals surface area contributed by atoms with Gasteiger partial charge in [-0.1, -0.05) is 41.2 Å². The van der Waals surface area contributed by atoms with E-state index in [4.69, 9.17) is 8.92 Å². The second kappa shape index (κ2) is 9.10. The minimum atomic E-state index is -4.08. The molecule has 10 heteroatoms. The maximum Gasteiger partial charge on any atom is 0.339 e. The zero-order chi connectivity index (χ0) is 24.7. The van der Waals surface area contributed by atoms with Crippen molar-refractivity contribution in [2.24, 2.45) is 0 Å². The Morgan fingerprint density at radius 3 is 2.60 bits per heavy atom. The lowest BCUT2D eigenvalue weighted by Crippen LogP contribution is -2.22. The van der Waals surface area contributed by atoms with Crippen molar-refractivity contribution < 1.29 is 17.3 Å². The Morgan fingerprint density at radius 2 is 1.86 bits per heavy atom. The maximum absolute atomic E-state index is 13.1. The number of benzene rings is 3. The molecule has 0 spiro atoms. The molecule has 0 bridgehead atoms. The Bertz CT molecular complexity index is 1790. The first-order chi connectivity index (χ1) is 16.8. The van der Waals surface area contributed by atoms with Gasteiger partial charge in [-0.3, -0.25) is 4.79 Å². The van der Waals surface area contributed by atoms with Crippen molar-refractivity contribution in [2.45, 2.75) is 18.7 Å². The number of halogens is 1. The quantitative estimate of drug-likeness (QED) is 0.275. The van der Waals surface area contributed by atoms with Crippen molar-refractivity contribution in [3.63, 3.8) is 0 Å². The molecule has 0 aliphatic heterocycles. The van der Waals surface area contributed by atoms with Gasteiger partial charge in [-0.05, 0) is 77.8 Å². The molecule has 35 heavy (non-hydrogen) atoms. The highest BCUT2D eigenvalue weighted by atomic mass is 79.9. The zero-order valence-electron chi connectivity index (χ0n) is 18.7. The molecule has 0 unspecified atom stereocenters. The van der Waals surface area contributed by atoms with Gasteiger partial charge >= 0.3 is 10.1 Å². The highest BCUT2D eigenvalue weighted by Crippen LogP contribution is 2.39. The molecule has 3 aromatic carbocycles. The monoisotopic (exact) mass is 570 g/mol. The number of nitrogens with zero attached hydrogens (tertiary/aromatic N) is 2. The normalized spacial score (nSPS) is 12.5. The molecule has 0 N–H and O–H groups in total. The highest BCUT2D eigenvalue weighted by molar-refractivity contribution is 9.10. The van der Waals surface area contributed by atoms with Crippen molar-refractivity contribution in [3.8, 4) is 11.5 Å². The Labute approximate surface area is 213 Å². The van der Waals surface area contributed by atoms with Gasteiger partial charge in [0.05, 0.1) is 26.6 Å². The number of ether oxygens (including phenoxy) is 1. The standard InChI is InChI=1S/C25H19BrN2O5S2/c1-3-32-21-13-16(12-18(26)23(21)33-35(30,31)17-10-8-15(2)9-11-17)14-22-24(29)28-20-7-5-4-6-19(20)27-25(28)34-22/h4-14H,3H2,1-2H3/b22-14+. The summed E-state index contributed by atoms with van der Waals surface area (Å²) in [5, 5.41) is 0. The summed E-state index contributed by atoms with van der Waals surface area (Å²) in [6.45, 7) is 3.96. The fourth-order valence-electron chi connectivity index (χ4n) is 3.64. The third kappa shape index (κ3) is 4.44. The smallest absolute Gasteiger partial charge is 0.339 e. The number of para-hydroxylation sites is 2. The second-order valence-corrected chi connectivity index (χ2v) is 11.2. The highest BCUT2D eigenvalue weighted by Gasteiger charge is 2.22. The van der Waals surface area contributed by atoms with E-state index in [1.54, 1.807) is 41.7 Å². The molecule has 5 rings (SSSR count). The van der Waals surface area contributed by atoms with Crippen LogP contribution in [0.25, 0.3) is 22.1 Å². The average Bonchev–Trinajstić information content (AvgIpc) is 3.32. The SMILES string of the molecule is CCOc1cc(/C=c2/sc3nc4ccccc4n3c2=O)cc(Br)c1OS(=O)(=O)c1ccc(C)cc1. The van der Waals surface area contributed by atoms with Crippen LogP contribution in [0.2, 0.25) is 0 Å². The first-order valence-corrected chi connectivity index (χ1v) is 13.7. The van der Waals surface area contributed by atoms with E-state index >= 15 is 0 Å². The lowest BCUT2D eigenvalue weighted by Gasteiger charge is -2.14. The van der Waals surface area contributed by atoms with E-state index in [0.717, 1.165) is 16.6 Å². The van der Waals surface area contributed by atoms with Gasteiger partial charge < -0.3 is 8.92 Å². The number of hydrogen-bond donors (Lipinski definition) is 0. The van der Waals surface area contributed by atoms with Crippen molar-refractivity contribution in [3.05, 3.63) is 91.1 Å². The van der Waals surface area contributed by atoms with Crippen LogP contribution in [0.1, 0.15) is 18.1 Å². The second-order valence-electron chi connectivity index (χ2n) is 7.75. The molecule has 2 heterocycles. The van der Waals surface area contributed by atoms with Gasteiger partial charge in [0, 0.05) is 0 Å². The fourth-order valence-corrected chi connectivity index (χ4v) is 6.23. The topological polar surface area (TPSA) is 87.0 Å². The Balaban J connectivity index is 1.58. The third-order valence-electron chi connectivity index (χ3n) is 5.28. The molecule has 0 amide bonds. The summed E-state index contributed by atoms with van der Waals surface area (Å²) in [7, 11) is -4.08. The van der Waals surface area contributed by atoms with Crippen molar-refractivity contribution >= 4 is 59.5 Å². The zero-order valence-corrected chi connectivity index (χ0v) is 21.9. The van der Waals surface area contributed by atoms with Crippen molar-refractivity contribution in [2.75, 3.05) is 6.61 Å². The lowest BCUT2D eigenvalue weighted by atomic mass is 10.2. The van der Waals surface area contributed by atoms with Crippen LogP contribution in [0.4, 0.5) is 0 Å². The van der Waals surface area contributed by atoms with E-state index in [1.807, 2.05) is 31.2 Å². The van der Waals surface area contributed by atoms with Crippen LogP contribution < -0.4 is 19.0 Å². The van der Waals surface area contributed by atoms with E-state index in [9.17, 15) is 13.2 Å². The summed E-state index contributed by atoms with van der Waals surface area (Å²) in [6, 6.07) is 17.2. The molecule has 0 radical (unpaired) electrons. The summed E-state index contributed by atoms with van der Waals surface area (Å²) in [5.74, 6) is 0.280. The molecule has 7 nitrogen and oxygen atoms in total. The first kappa shape index (κ1) is 23.5. The summed E-state index contributed by atoms with van der Waals surface area (Å²) in [6.07, 6.45) is 1.72. The van der Waals surface area contributed by atoms with Crippen LogP contribution in [0, 0.1) is 6.92 Å². The molecule has 0 aliphatic carbocycles. The summed E-state index contributed by atoms with van der Waals surface area (Å²) in [5.41, 5.74) is 2.93. The summed E-state index contributed by atoms with van der Waals surface area (Å²) in [4.78, 5) is 18.3. The number of aromatic nitrogens is 2. The van der Waals surface area contributed by atoms with Crippen LogP contribution in [-0.4, -0.2) is 24.4 Å². The largest absolute Gasteiger partial charge is 0.490 e. The van der Waals surface area contributed by atoms with E-state index in [-0.39, 0.29) is 22.0 Å². The number of thiazole rings is 1. The number of aryl methyl sites for hydroxylation is 1. The predicted molar refractivity (Wildman–Crippen MR) is 140 cm³/mol. The van der Waals surface area contributed by atoms with Crippen molar-refractivity contribution in [1.82, 2.24) is 9.38 Å². The van der Waals surface area contributed by atoms with Crippen LogP contribution >= 0.6 is 27.3 Å². The van der Waals surface area contributed by atoms with Crippen LogP contribution in [-0.2, 0) is 10.1 Å². The van der Waals surface area contributed by atoms with Gasteiger partial charge in [0.2, 0.25) is 0 Å². The van der Waals surface area contributed by atoms with Crippen LogP contribution in [0.5, 0.6) is 11.5 Å². The van der Waals surface area contributed by atoms with Gasteiger partial charge in [0.25, 0.3) is 5.56 Å². The van der Waals surface area contributed by atoms with Crippen molar-refractivity contribution in [1.29, 1.82) is 0 Å². The number of hydrogen-bond acceptors (Lipinski definition) is 7. The number of rotatable bonds is 6. The van der Waals surface area contributed by atoms with Gasteiger partial charge in [-0.15, -0.1) is 0 Å². The van der Waals surface area contributed by atoms with Gasteiger partial charge in [0.1, 0.15) is 4.90 Å². The molecule has 0 fully saturated rings. The van der Waals surface area contributed by atoms with Gasteiger partial charge in [-0.2, -0.15) is 8.42 Å². The van der Waals surface area contributed by atoms with Gasteiger partial charge in [0.15, 0.2) is 16.5 Å². The lowest BCUT2D eigenvalue weighted by molar-refractivity contribution is 0.327. The fraction of sp³-hybridized carbons (Fsp3) is 0.120. The van der Waals surface area contributed by atoms with E-state index in [2.05, 4.69) is 20.9 Å². The molecule has 0 atom stereocenters. The Kier molecular flexibility index (Phi) is 6.12. The Morgan fingerprint density at radius 1 is 1.11 bits per heavy atom. The predicted octanol–water partition coefficient (Wildman–Crippen LogP) is 4.69. The molecule has 5 aromatic rings. The summed E-state index contributed by atoms with van der Waals surface area (Å²) < 4.78 is 39.4. The number of imidazole rings is 1. The molecular weight excluding hydrogens is 552 g/mol. The number of fused-ring (bicyclic) bond motifs is 3. The molecule has 0 aliphatic rings. The van der Waals surface area contributed by atoms with Gasteiger partial charge in [-0.25, -0.2) is 9.38 Å². The first-order valence-electron chi connectivity index (χ1n) is 10.7. The average molecular weight is 571 g/mol. The molecule has 0 saturated heterocycles.